The number of amides is 1. The molecule has 3 aromatic rings. The fourth-order valence-electron chi connectivity index (χ4n) is 3.78. The van der Waals surface area contributed by atoms with E-state index in [1.165, 1.54) is 17.7 Å². The smallest absolute Gasteiger partial charge is 0.254 e. The molecule has 5 nitrogen and oxygen atoms in total. The third kappa shape index (κ3) is 3.74. The lowest BCUT2D eigenvalue weighted by atomic mass is 10.0. The molecule has 4 rings (SSSR count). The second kappa shape index (κ2) is 7.66. The number of hydrogen-bond acceptors (Lipinski definition) is 4. The molecule has 0 radical (unpaired) electrons. The first kappa shape index (κ1) is 18.5. The van der Waals surface area contributed by atoms with Gasteiger partial charge >= 0.3 is 0 Å². The zero-order valence-electron chi connectivity index (χ0n) is 15.9. The molecule has 2 heterocycles. The van der Waals surface area contributed by atoms with E-state index < -0.39 is 0 Å². The van der Waals surface area contributed by atoms with Crippen molar-refractivity contribution in [1.82, 2.24) is 20.7 Å². The van der Waals surface area contributed by atoms with E-state index in [1.807, 2.05) is 25.1 Å². The number of aryl methyl sites for hydroxylation is 1. The highest BCUT2D eigenvalue weighted by Crippen LogP contribution is 2.24. The van der Waals surface area contributed by atoms with Crippen LogP contribution in [0.5, 0.6) is 0 Å². The zero-order valence-corrected chi connectivity index (χ0v) is 15.9. The van der Waals surface area contributed by atoms with Gasteiger partial charge in [0.05, 0.1) is 11.1 Å². The van der Waals surface area contributed by atoms with E-state index in [9.17, 15) is 9.18 Å². The Hall–Kier alpha value is -2.83. The summed E-state index contributed by atoms with van der Waals surface area (Å²) >= 11 is 0. The summed E-state index contributed by atoms with van der Waals surface area (Å²) < 4.78 is 13.6. The monoisotopic (exact) mass is 378 g/mol. The van der Waals surface area contributed by atoms with Crippen LogP contribution < -0.4 is 10.9 Å². The average Bonchev–Trinajstić information content (AvgIpc) is 3.15. The van der Waals surface area contributed by atoms with Gasteiger partial charge in [0.15, 0.2) is 0 Å². The lowest BCUT2D eigenvalue weighted by Gasteiger charge is -2.22. The molecule has 0 aliphatic carbocycles. The van der Waals surface area contributed by atoms with Crippen molar-refractivity contribution in [1.29, 1.82) is 0 Å². The number of carbonyl (C=O) groups excluding carboxylic acids is 1. The quantitative estimate of drug-likeness (QED) is 0.731. The summed E-state index contributed by atoms with van der Waals surface area (Å²) in [5.74, 6) is -0.447. The van der Waals surface area contributed by atoms with Gasteiger partial charge in [0.25, 0.3) is 5.91 Å². The molecule has 2 N–H and O–H groups in total. The van der Waals surface area contributed by atoms with E-state index in [-0.39, 0.29) is 23.8 Å². The molecular weight excluding hydrogens is 355 g/mol. The maximum atomic E-state index is 13.6. The van der Waals surface area contributed by atoms with E-state index >= 15 is 0 Å². The molecule has 0 bridgehead atoms. The van der Waals surface area contributed by atoms with Crippen molar-refractivity contribution in [3.8, 4) is 0 Å². The van der Waals surface area contributed by atoms with Crippen molar-refractivity contribution in [3.05, 3.63) is 77.2 Å². The fourth-order valence-corrected chi connectivity index (χ4v) is 3.78. The van der Waals surface area contributed by atoms with Gasteiger partial charge in [-0.2, -0.15) is 0 Å². The summed E-state index contributed by atoms with van der Waals surface area (Å²) in [6.45, 7) is 2.38. The van der Waals surface area contributed by atoms with Crippen LogP contribution in [0, 0.1) is 12.7 Å². The predicted octanol–water partition coefficient (Wildman–Crippen LogP) is 3.36. The Morgan fingerprint density at radius 3 is 2.75 bits per heavy atom. The van der Waals surface area contributed by atoms with Gasteiger partial charge in [0.2, 0.25) is 0 Å². The van der Waals surface area contributed by atoms with Crippen LogP contribution in [0.2, 0.25) is 0 Å². The van der Waals surface area contributed by atoms with Gasteiger partial charge in [-0.3, -0.25) is 15.2 Å². The summed E-state index contributed by atoms with van der Waals surface area (Å²) in [5, 5.41) is 0.670. The van der Waals surface area contributed by atoms with Crippen molar-refractivity contribution in [2.45, 2.75) is 25.4 Å². The first-order valence-electron chi connectivity index (χ1n) is 9.39. The highest BCUT2D eigenvalue weighted by molar-refractivity contribution is 6.06. The van der Waals surface area contributed by atoms with E-state index in [2.05, 4.69) is 28.0 Å². The maximum Gasteiger partial charge on any atom is 0.254 e. The van der Waals surface area contributed by atoms with Gasteiger partial charge in [0, 0.05) is 42.8 Å². The highest BCUT2D eigenvalue weighted by atomic mass is 19.1. The minimum absolute atomic E-state index is 0.0907. The van der Waals surface area contributed by atoms with Crippen LogP contribution in [0.3, 0.4) is 0 Å². The number of fused-ring (bicyclic) bond motifs is 1. The third-order valence-corrected chi connectivity index (χ3v) is 5.16. The number of nitrogens with zero attached hydrogens (tertiary/aromatic N) is 2. The number of hydrazine groups is 1. The van der Waals surface area contributed by atoms with Gasteiger partial charge < -0.3 is 4.90 Å². The van der Waals surface area contributed by atoms with E-state index in [0.717, 1.165) is 6.42 Å². The molecule has 6 heteroatoms. The van der Waals surface area contributed by atoms with Crippen molar-refractivity contribution in [3.63, 3.8) is 0 Å². The standard InChI is InChI=1S/C22H23FN4O/c1-14-10-19(18-9-8-16(23)11-21(18)24-14)22(28)27(2)13-17-12-20(26-25-17)15-6-4-3-5-7-15/h3-11,17,20,25-26H,12-13H2,1-2H3. The summed E-state index contributed by atoms with van der Waals surface area (Å²) in [5.41, 5.74) is 9.58. The lowest BCUT2D eigenvalue weighted by molar-refractivity contribution is 0.0784. The summed E-state index contributed by atoms with van der Waals surface area (Å²) in [7, 11) is 1.80. The molecule has 0 saturated carbocycles. The van der Waals surface area contributed by atoms with Crippen LogP contribution in [0.15, 0.2) is 54.6 Å². The molecular formula is C22H23FN4O. The van der Waals surface area contributed by atoms with Gasteiger partial charge in [-0.25, -0.2) is 9.82 Å². The predicted molar refractivity (Wildman–Crippen MR) is 107 cm³/mol. The molecule has 1 aliphatic rings. The second-order valence-corrected chi connectivity index (χ2v) is 7.34. The van der Waals surface area contributed by atoms with E-state index in [4.69, 9.17) is 0 Å². The lowest BCUT2D eigenvalue weighted by Crippen LogP contribution is -2.41. The Kier molecular flexibility index (Phi) is 5.07. The normalized spacial score (nSPS) is 19.1. The molecule has 1 fully saturated rings. The molecule has 0 spiro atoms. The number of benzene rings is 2. The molecule has 1 amide bonds. The first-order chi connectivity index (χ1) is 13.5. The Morgan fingerprint density at radius 1 is 1.18 bits per heavy atom. The molecule has 28 heavy (non-hydrogen) atoms. The fraction of sp³-hybridized carbons (Fsp3) is 0.273. The number of carbonyl (C=O) groups is 1. The number of aromatic nitrogens is 1. The Labute approximate surface area is 163 Å². The van der Waals surface area contributed by atoms with Crippen LogP contribution in [-0.4, -0.2) is 35.4 Å². The second-order valence-electron chi connectivity index (χ2n) is 7.34. The number of pyridine rings is 1. The molecule has 144 valence electrons. The Bertz CT molecular complexity index is 1000. The van der Waals surface area contributed by atoms with Crippen LogP contribution in [0.25, 0.3) is 10.9 Å². The number of nitrogens with one attached hydrogen (secondary N) is 2. The summed E-state index contributed by atoms with van der Waals surface area (Å²) in [6.07, 6.45) is 0.892. The number of halogens is 1. The summed E-state index contributed by atoms with van der Waals surface area (Å²) in [6, 6.07) is 16.7. The minimum Gasteiger partial charge on any atom is -0.340 e. The number of hydrogen-bond donors (Lipinski definition) is 2. The van der Waals surface area contributed by atoms with Crippen LogP contribution in [-0.2, 0) is 0 Å². The maximum absolute atomic E-state index is 13.6. The minimum atomic E-state index is -0.356. The molecule has 2 aromatic carbocycles. The molecule has 1 aromatic heterocycles. The number of rotatable bonds is 4. The van der Waals surface area contributed by atoms with Crippen molar-refractivity contribution >= 4 is 16.8 Å². The Morgan fingerprint density at radius 2 is 1.96 bits per heavy atom. The van der Waals surface area contributed by atoms with Crippen molar-refractivity contribution in [2.24, 2.45) is 0 Å². The number of likely N-dealkylation sites (N-methyl/N-ethyl adjacent to an activating group) is 1. The van der Waals surface area contributed by atoms with Gasteiger partial charge in [0.1, 0.15) is 5.82 Å². The van der Waals surface area contributed by atoms with Crippen molar-refractivity contribution in [2.75, 3.05) is 13.6 Å². The van der Waals surface area contributed by atoms with Gasteiger partial charge in [-0.1, -0.05) is 30.3 Å². The van der Waals surface area contributed by atoms with Gasteiger partial charge in [-0.15, -0.1) is 0 Å². The zero-order chi connectivity index (χ0) is 19.7. The van der Waals surface area contributed by atoms with Crippen LogP contribution in [0.1, 0.15) is 34.1 Å². The summed E-state index contributed by atoms with van der Waals surface area (Å²) in [4.78, 5) is 19.2. The topological polar surface area (TPSA) is 57.3 Å². The van der Waals surface area contributed by atoms with Crippen molar-refractivity contribution < 1.29 is 9.18 Å². The largest absolute Gasteiger partial charge is 0.340 e. The molecule has 2 unspecified atom stereocenters. The third-order valence-electron chi connectivity index (χ3n) is 5.16. The van der Waals surface area contributed by atoms with Crippen LogP contribution in [0.4, 0.5) is 4.39 Å². The van der Waals surface area contributed by atoms with Crippen LogP contribution >= 0.6 is 0 Å². The van der Waals surface area contributed by atoms with E-state index in [0.29, 0.717) is 28.7 Å². The van der Waals surface area contributed by atoms with E-state index in [1.54, 1.807) is 24.1 Å². The molecule has 1 aliphatic heterocycles. The molecule has 2 atom stereocenters. The van der Waals surface area contributed by atoms with Gasteiger partial charge in [-0.05, 0) is 37.1 Å². The Balaban J connectivity index is 1.49. The SMILES string of the molecule is Cc1cc(C(=O)N(C)CC2CC(c3ccccc3)NN2)c2ccc(F)cc2n1. The molecule has 1 saturated heterocycles. The average molecular weight is 378 g/mol. The first-order valence-corrected chi connectivity index (χ1v) is 9.39. The highest BCUT2D eigenvalue weighted by Gasteiger charge is 2.27.